The fraction of sp³-hybridized carbons (Fsp3) is 0.476. The molecule has 158 valence electrons. The lowest BCUT2D eigenvalue weighted by atomic mass is 9.73. The van der Waals surface area contributed by atoms with Gasteiger partial charge in [-0.15, -0.1) is 0 Å². The van der Waals surface area contributed by atoms with Gasteiger partial charge in [0.25, 0.3) is 11.5 Å². The van der Waals surface area contributed by atoms with Crippen LogP contribution in [0.5, 0.6) is 0 Å². The lowest BCUT2D eigenvalue weighted by molar-refractivity contribution is -0.140. The van der Waals surface area contributed by atoms with Gasteiger partial charge in [0.05, 0.1) is 17.4 Å². The summed E-state index contributed by atoms with van der Waals surface area (Å²) in [6.07, 6.45) is 3.37. The first-order valence-electron chi connectivity index (χ1n) is 10.2. The third-order valence-corrected chi connectivity index (χ3v) is 6.27. The van der Waals surface area contributed by atoms with Gasteiger partial charge in [-0.05, 0) is 30.9 Å². The molecule has 1 saturated carbocycles. The number of likely N-dealkylation sites (N-methyl/N-ethyl adjacent to an activating group) is 1. The highest BCUT2D eigenvalue weighted by atomic mass is 16.2. The van der Waals surface area contributed by atoms with Crippen molar-refractivity contribution in [2.75, 3.05) is 13.6 Å². The number of nitrogens with one attached hydrogen (secondary N) is 2. The quantitative estimate of drug-likeness (QED) is 0.738. The van der Waals surface area contributed by atoms with Crippen LogP contribution in [0.15, 0.2) is 29.1 Å². The highest BCUT2D eigenvalue weighted by Crippen LogP contribution is 2.38. The zero-order valence-electron chi connectivity index (χ0n) is 17.1. The molecule has 4 rings (SSSR count). The summed E-state index contributed by atoms with van der Waals surface area (Å²) in [5.41, 5.74) is -0.627. The van der Waals surface area contributed by atoms with E-state index in [1.165, 1.54) is 4.90 Å². The number of benzene rings is 1. The second-order valence-electron chi connectivity index (χ2n) is 8.22. The molecule has 2 aromatic rings. The van der Waals surface area contributed by atoms with Crippen molar-refractivity contribution in [3.05, 3.63) is 40.4 Å². The normalized spacial score (nSPS) is 23.8. The van der Waals surface area contributed by atoms with E-state index in [2.05, 4.69) is 15.3 Å². The van der Waals surface area contributed by atoms with Crippen molar-refractivity contribution < 1.29 is 14.4 Å². The van der Waals surface area contributed by atoms with Crippen LogP contribution < -0.4 is 10.9 Å². The van der Waals surface area contributed by atoms with Gasteiger partial charge >= 0.3 is 6.03 Å². The SMILES string of the molecule is C[C@@H]1CCCC[C@@]12NC(=O)N(CC(=O)N(C)Cc1nc3ccccc3c(=O)[nH]1)C2=O. The maximum absolute atomic E-state index is 13.0. The van der Waals surface area contributed by atoms with Crippen LogP contribution >= 0.6 is 0 Å². The van der Waals surface area contributed by atoms with E-state index in [-0.39, 0.29) is 30.5 Å². The van der Waals surface area contributed by atoms with E-state index in [9.17, 15) is 19.2 Å². The van der Waals surface area contributed by atoms with E-state index < -0.39 is 17.5 Å². The number of carbonyl (C=O) groups is 3. The maximum atomic E-state index is 13.0. The Morgan fingerprint density at radius 2 is 2.03 bits per heavy atom. The van der Waals surface area contributed by atoms with Gasteiger partial charge in [0.15, 0.2) is 0 Å². The Labute approximate surface area is 173 Å². The van der Waals surface area contributed by atoms with Gasteiger partial charge in [0.2, 0.25) is 5.91 Å². The molecule has 30 heavy (non-hydrogen) atoms. The first kappa shape index (κ1) is 20.1. The minimum atomic E-state index is -0.890. The van der Waals surface area contributed by atoms with Gasteiger partial charge in [0, 0.05) is 7.05 Å². The van der Waals surface area contributed by atoms with Crippen molar-refractivity contribution in [1.82, 2.24) is 25.1 Å². The van der Waals surface area contributed by atoms with Crippen molar-refractivity contribution in [1.29, 1.82) is 0 Å². The molecule has 0 bridgehead atoms. The van der Waals surface area contributed by atoms with Crippen molar-refractivity contribution in [3.8, 4) is 0 Å². The molecule has 1 aromatic heterocycles. The third kappa shape index (κ3) is 3.34. The Morgan fingerprint density at radius 3 is 2.80 bits per heavy atom. The zero-order valence-corrected chi connectivity index (χ0v) is 17.1. The molecular formula is C21H25N5O4. The molecule has 9 nitrogen and oxygen atoms in total. The molecule has 1 aromatic carbocycles. The van der Waals surface area contributed by atoms with Crippen LogP contribution in [-0.2, 0) is 16.1 Å². The summed E-state index contributed by atoms with van der Waals surface area (Å²) in [5, 5.41) is 3.32. The largest absolute Gasteiger partial charge is 0.337 e. The number of rotatable bonds is 4. The zero-order chi connectivity index (χ0) is 21.5. The molecule has 1 aliphatic carbocycles. The van der Waals surface area contributed by atoms with E-state index in [4.69, 9.17) is 0 Å². The summed E-state index contributed by atoms with van der Waals surface area (Å²) in [4.78, 5) is 59.9. The van der Waals surface area contributed by atoms with Gasteiger partial charge in [0.1, 0.15) is 17.9 Å². The number of H-pyrrole nitrogens is 1. The Morgan fingerprint density at radius 1 is 1.27 bits per heavy atom. The predicted molar refractivity (Wildman–Crippen MR) is 109 cm³/mol. The van der Waals surface area contributed by atoms with E-state index >= 15 is 0 Å². The van der Waals surface area contributed by atoms with Crippen LogP contribution in [0.3, 0.4) is 0 Å². The number of nitrogens with zero attached hydrogens (tertiary/aromatic N) is 3. The van der Waals surface area contributed by atoms with E-state index in [0.29, 0.717) is 23.1 Å². The number of urea groups is 1. The second-order valence-corrected chi connectivity index (χ2v) is 8.22. The molecule has 0 unspecified atom stereocenters. The summed E-state index contributed by atoms with van der Waals surface area (Å²) in [6.45, 7) is 1.69. The summed E-state index contributed by atoms with van der Waals surface area (Å²) >= 11 is 0. The molecule has 0 radical (unpaired) electrons. The van der Waals surface area contributed by atoms with Crippen molar-refractivity contribution in [3.63, 3.8) is 0 Å². The van der Waals surface area contributed by atoms with Gasteiger partial charge in [-0.2, -0.15) is 0 Å². The van der Waals surface area contributed by atoms with Crippen molar-refractivity contribution in [2.24, 2.45) is 5.92 Å². The second kappa shape index (κ2) is 7.55. The number of hydrogen-bond donors (Lipinski definition) is 2. The maximum Gasteiger partial charge on any atom is 0.325 e. The molecular weight excluding hydrogens is 386 g/mol. The predicted octanol–water partition coefficient (Wildman–Crippen LogP) is 1.38. The molecule has 9 heteroatoms. The van der Waals surface area contributed by atoms with Crippen LogP contribution in [0.25, 0.3) is 10.9 Å². The van der Waals surface area contributed by atoms with E-state index in [1.807, 2.05) is 6.92 Å². The topological polar surface area (TPSA) is 115 Å². The van der Waals surface area contributed by atoms with Gasteiger partial charge in [-0.3, -0.25) is 19.3 Å². The number of imide groups is 1. The molecule has 2 aliphatic rings. The Hall–Kier alpha value is -3.23. The van der Waals surface area contributed by atoms with Crippen LogP contribution in [-0.4, -0.2) is 56.7 Å². The van der Waals surface area contributed by atoms with Crippen molar-refractivity contribution in [2.45, 2.75) is 44.7 Å². The van der Waals surface area contributed by atoms with Crippen molar-refractivity contribution >= 4 is 28.7 Å². The lowest BCUT2D eigenvalue weighted by Gasteiger charge is -2.36. The number of amides is 4. The molecule has 1 spiro atoms. The van der Waals surface area contributed by atoms with Gasteiger partial charge < -0.3 is 15.2 Å². The number of aromatic amines is 1. The Balaban J connectivity index is 1.47. The Bertz CT molecular complexity index is 1080. The average Bonchev–Trinajstić information content (AvgIpc) is 2.95. The molecule has 4 amide bonds. The molecule has 2 N–H and O–H groups in total. The number of aromatic nitrogens is 2. The summed E-state index contributed by atoms with van der Waals surface area (Å²) in [7, 11) is 1.55. The summed E-state index contributed by atoms with van der Waals surface area (Å²) < 4.78 is 0. The number of hydrogen-bond acceptors (Lipinski definition) is 5. The Kier molecular flexibility index (Phi) is 5.05. The minimum absolute atomic E-state index is 0.0346. The fourth-order valence-electron chi connectivity index (χ4n) is 4.42. The number of fused-ring (bicyclic) bond motifs is 1. The first-order valence-corrected chi connectivity index (χ1v) is 10.2. The molecule has 2 fully saturated rings. The first-order chi connectivity index (χ1) is 14.3. The molecule has 2 atom stereocenters. The molecule has 1 saturated heterocycles. The lowest BCUT2D eigenvalue weighted by Crippen LogP contribution is -2.54. The third-order valence-electron chi connectivity index (χ3n) is 6.27. The highest BCUT2D eigenvalue weighted by molar-refractivity contribution is 6.09. The summed E-state index contributed by atoms with van der Waals surface area (Å²) in [5.74, 6) is -0.356. The van der Waals surface area contributed by atoms with E-state index in [1.54, 1.807) is 31.3 Å². The van der Waals surface area contributed by atoms with E-state index in [0.717, 1.165) is 24.2 Å². The number of carbonyl (C=O) groups excluding carboxylic acids is 3. The molecule has 1 aliphatic heterocycles. The smallest absolute Gasteiger partial charge is 0.325 e. The average molecular weight is 411 g/mol. The monoisotopic (exact) mass is 411 g/mol. The van der Waals surface area contributed by atoms with Gasteiger partial charge in [-0.1, -0.05) is 31.9 Å². The standard InChI is InChI=1S/C21H25N5O4/c1-13-7-5-6-10-21(13)19(29)26(20(30)24-21)12-17(27)25(2)11-16-22-15-9-4-3-8-14(15)18(28)23-16/h3-4,8-9,13H,5-7,10-12H2,1-2H3,(H,24,30)(H,22,23,28)/t13-,21-/m1/s1. The van der Waals surface area contributed by atoms with Crippen LogP contribution in [0.1, 0.15) is 38.4 Å². The minimum Gasteiger partial charge on any atom is -0.337 e. The van der Waals surface area contributed by atoms with Crippen LogP contribution in [0, 0.1) is 5.92 Å². The van der Waals surface area contributed by atoms with Crippen LogP contribution in [0.2, 0.25) is 0 Å². The molecule has 2 heterocycles. The number of para-hydroxylation sites is 1. The summed E-state index contributed by atoms with van der Waals surface area (Å²) in [6, 6.07) is 6.43. The fourth-order valence-corrected chi connectivity index (χ4v) is 4.42. The van der Waals surface area contributed by atoms with Gasteiger partial charge in [-0.25, -0.2) is 9.78 Å². The highest BCUT2D eigenvalue weighted by Gasteiger charge is 2.55. The van der Waals surface area contributed by atoms with Crippen LogP contribution in [0.4, 0.5) is 4.79 Å².